The molecule has 0 aromatic heterocycles. The Morgan fingerprint density at radius 2 is 2.12 bits per heavy atom. The first-order valence-electron chi connectivity index (χ1n) is 4.05. The van der Waals surface area contributed by atoms with Crippen LogP contribution in [0.5, 0.6) is 0 Å². The molecule has 0 fully saturated rings. The van der Waals surface area contributed by atoms with Crippen LogP contribution in [0.3, 0.4) is 0 Å². The lowest BCUT2D eigenvalue weighted by atomic mass is 9.96. The third-order valence-corrected chi connectivity index (χ3v) is 2.13. The Balaban J connectivity index is 0.000000487. The van der Waals surface area contributed by atoms with Crippen molar-refractivity contribution in [1.82, 2.24) is 0 Å². The summed E-state index contributed by atoms with van der Waals surface area (Å²) >= 11 is 5.45. The van der Waals surface area contributed by atoms with Gasteiger partial charge in [-0.05, 0) is 12.2 Å². The maximum Gasteiger partial charge on any atom is 0.503 e. The van der Waals surface area contributed by atoms with E-state index in [1.807, 2.05) is 0 Å². The molecule has 0 bridgehead atoms. The van der Waals surface area contributed by atoms with Crippen LogP contribution >= 0.6 is 11.6 Å². The Morgan fingerprint density at radius 3 is 2.38 bits per heavy atom. The summed E-state index contributed by atoms with van der Waals surface area (Å²) in [5, 5.41) is 33.7. The first kappa shape index (κ1) is 14.4. The quantitative estimate of drug-likeness (QED) is 0.386. The van der Waals surface area contributed by atoms with Crippen LogP contribution in [-0.4, -0.2) is 37.9 Å². The summed E-state index contributed by atoms with van der Waals surface area (Å²) in [6.45, 7) is 0. The third kappa shape index (κ3) is 5.32. The number of allylic oxidation sites excluding steroid dienone is 1. The van der Waals surface area contributed by atoms with Crippen molar-refractivity contribution in [3.8, 4) is 0 Å². The Hall–Kier alpha value is -1.60. The lowest BCUT2D eigenvalue weighted by Gasteiger charge is -2.21. The number of halogens is 1. The molecule has 7 nitrogen and oxygen atoms in total. The second-order valence-electron chi connectivity index (χ2n) is 2.94. The van der Waals surface area contributed by atoms with Crippen LogP contribution in [0.1, 0.15) is 6.42 Å². The zero-order chi connectivity index (χ0) is 12.8. The van der Waals surface area contributed by atoms with Crippen molar-refractivity contribution in [2.75, 3.05) is 5.88 Å². The van der Waals surface area contributed by atoms with Gasteiger partial charge >= 0.3 is 6.16 Å². The Morgan fingerprint density at radius 1 is 1.62 bits per heavy atom. The van der Waals surface area contributed by atoms with Crippen LogP contribution in [0, 0.1) is 10.1 Å². The van der Waals surface area contributed by atoms with E-state index in [2.05, 4.69) is 0 Å². The van der Waals surface area contributed by atoms with Gasteiger partial charge in [-0.1, -0.05) is 0 Å². The number of hydrogen-bond acceptors (Lipinski definition) is 4. The van der Waals surface area contributed by atoms with E-state index in [0.717, 1.165) is 0 Å². The highest BCUT2D eigenvalue weighted by Gasteiger charge is 2.26. The maximum atomic E-state index is 10.2. The summed E-state index contributed by atoms with van der Waals surface area (Å²) in [5.74, 6) is 0.0466. The number of nitrogens with zero attached hydrogens (tertiary/aromatic N) is 1. The topological polar surface area (TPSA) is 121 Å². The molecule has 0 amide bonds. The standard InChI is InChI=1S/C7H8ClNO3.CH2O3/c8-5-7(10)3-1-6(2-4-7)9(11)12;2-1(3)4/h1-3,10H,4-5H2;(H2,2,3,4). The predicted molar refractivity (Wildman–Crippen MR) is 55.2 cm³/mol. The van der Waals surface area contributed by atoms with Crippen LogP contribution in [0.2, 0.25) is 0 Å². The molecule has 0 saturated heterocycles. The molecular formula is C8H10ClNO6. The van der Waals surface area contributed by atoms with Gasteiger partial charge in [0.15, 0.2) is 0 Å². The third-order valence-electron chi connectivity index (χ3n) is 1.67. The van der Waals surface area contributed by atoms with Gasteiger partial charge in [0.2, 0.25) is 0 Å². The van der Waals surface area contributed by atoms with E-state index in [9.17, 15) is 15.2 Å². The zero-order valence-corrected chi connectivity index (χ0v) is 8.79. The van der Waals surface area contributed by atoms with Gasteiger partial charge in [0.25, 0.3) is 5.70 Å². The second-order valence-corrected chi connectivity index (χ2v) is 3.21. The smallest absolute Gasteiger partial charge is 0.450 e. The molecule has 90 valence electrons. The molecular weight excluding hydrogens is 242 g/mol. The van der Waals surface area contributed by atoms with Gasteiger partial charge in [-0.25, -0.2) is 4.79 Å². The van der Waals surface area contributed by atoms with E-state index in [0.29, 0.717) is 0 Å². The van der Waals surface area contributed by atoms with Crippen LogP contribution in [0.4, 0.5) is 4.79 Å². The number of carbonyl (C=O) groups is 1. The first-order valence-corrected chi connectivity index (χ1v) is 4.58. The molecule has 0 spiro atoms. The molecule has 1 aliphatic rings. The molecule has 1 aliphatic carbocycles. The van der Waals surface area contributed by atoms with Crippen LogP contribution in [0.15, 0.2) is 23.9 Å². The van der Waals surface area contributed by atoms with Gasteiger partial charge in [0.05, 0.1) is 10.8 Å². The van der Waals surface area contributed by atoms with Crippen molar-refractivity contribution in [3.63, 3.8) is 0 Å². The van der Waals surface area contributed by atoms with E-state index in [1.54, 1.807) is 0 Å². The molecule has 1 unspecified atom stereocenters. The van der Waals surface area contributed by atoms with Crippen LogP contribution in [-0.2, 0) is 0 Å². The Labute approximate surface area is 95.4 Å². The molecule has 3 N–H and O–H groups in total. The van der Waals surface area contributed by atoms with Gasteiger partial charge in [0.1, 0.15) is 5.60 Å². The van der Waals surface area contributed by atoms with Gasteiger partial charge < -0.3 is 15.3 Å². The molecule has 0 aliphatic heterocycles. The van der Waals surface area contributed by atoms with E-state index in [4.69, 9.17) is 26.6 Å². The lowest BCUT2D eigenvalue weighted by molar-refractivity contribution is -0.419. The fraction of sp³-hybridized carbons (Fsp3) is 0.375. The molecule has 0 aromatic carbocycles. The molecule has 0 heterocycles. The van der Waals surface area contributed by atoms with Crippen molar-refractivity contribution in [2.24, 2.45) is 0 Å². The van der Waals surface area contributed by atoms with Crippen molar-refractivity contribution in [1.29, 1.82) is 0 Å². The van der Waals surface area contributed by atoms with Crippen LogP contribution < -0.4 is 0 Å². The summed E-state index contributed by atoms with van der Waals surface area (Å²) in [4.78, 5) is 18.3. The summed E-state index contributed by atoms with van der Waals surface area (Å²) in [6.07, 6.45) is 2.36. The summed E-state index contributed by atoms with van der Waals surface area (Å²) in [7, 11) is 0. The molecule has 0 saturated carbocycles. The van der Waals surface area contributed by atoms with Crippen molar-refractivity contribution < 1.29 is 25.0 Å². The summed E-state index contributed by atoms with van der Waals surface area (Å²) in [6, 6.07) is 0. The molecule has 8 heteroatoms. The number of hydrogen-bond donors (Lipinski definition) is 3. The molecule has 16 heavy (non-hydrogen) atoms. The number of carboxylic acid groups (broad SMARTS) is 2. The Kier molecular flexibility index (Phi) is 5.48. The van der Waals surface area contributed by atoms with E-state index in [-0.39, 0.29) is 18.0 Å². The minimum Gasteiger partial charge on any atom is -0.450 e. The summed E-state index contributed by atoms with van der Waals surface area (Å²) in [5.41, 5.74) is -1.11. The van der Waals surface area contributed by atoms with Crippen molar-refractivity contribution in [2.45, 2.75) is 12.0 Å². The van der Waals surface area contributed by atoms with Crippen LogP contribution in [0.25, 0.3) is 0 Å². The van der Waals surface area contributed by atoms with E-state index >= 15 is 0 Å². The number of alkyl halides is 1. The largest absolute Gasteiger partial charge is 0.503 e. The summed E-state index contributed by atoms with van der Waals surface area (Å²) < 4.78 is 0. The number of aliphatic hydroxyl groups is 1. The highest BCUT2D eigenvalue weighted by atomic mass is 35.5. The monoisotopic (exact) mass is 251 g/mol. The predicted octanol–water partition coefficient (Wildman–Crippen LogP) is 1.30. The highest BCUT2D eigenvalue weighted by molar-refractivity contribution is 6.18. The fourth-order valence-corrected chi connectivity index (χ4v) is 1.09. The average Bonchev–Trinajstić information content (AvgIpc) is 2.17. The normalized spacial score (nSPS) is 22.8. The lowest BCUT2D eigenvalue weighted by Crippen LogP contribution is -2.29. The highest BCUT2D eigenvalue weighted by Crippen LogP contribution is 2.22. The van der Waals surface area contributed by atoms with E-state index < -0.39 is 16.7 Å². The SMILES string of the molecule is O=C(O)O.O=[N+]([O-])C1=CCC(O)(CCl)C=C1. The molecule has 0 radical (unpaired) electrons. The van der Waals surface area contributed by atoms with Gasteiger partial charge in [-0.2, -0.15) is 0 Å². The Bertz CT molecular complexity index is 335. The average molecular weight is 252 g/mol. The van der Waals surface area contributed by atoms with Gasteiger partial charge in [-0.3, -0.25) is 10.1 Å². The van der Waals surface area contributed by atoms with Gasteiger partial charge in [-0.15, -0.1) is 11.6 Å². The fourth-order valence-electron chi connectivity index (χ4n) is 0.892. The van der Waals surface area contributed by atoms with Gasteiger partial charge in [0, 0.05) is 12.5 Å². The molecule has 0 aromatic rings. The number of rotatable bonds is 2. The second kappa shape index (κ2) is 6.09. The minimum atomic E-state index is -1.83. The maximum absolute atomic E-state index is 10.2. The van der Waals surface area contributed by atoms with Crippen molar-refractivity contribution >= 4 is 17.8 Å². The molecule has 1 atom stereocenters. The molecule has 1 rings (SSSR count). The van der Waals surface area contributed by atoms with Crippen molar-refractivity contribution in [3.05, 3.63) is 34.0 Å². The van der Waals surface area contributed by atoms with E-state index in [1.165, 1.54) is 18.2 Å². The number of nitro groups is 1. The zero-order valence-electron chi connectivity index (χ0n) is 8.04. The first-order chi connectivity index (χ1) is 7.30. The minimum absolute atomic E-state index is 0.00444.